The quantitative estimate of drug-likeness (QED) is 0.602. The number of hydrogen-bond acceptors (Lipinski definition) is 4. The van der Waals surface area contributed by atoms with Gasteiger partial charge in [-0.2, -0.15) is 0 Å². The summed E-state index contributed by atoms with van der Waals surface area (Å²) in [6.07, 6.45) is -0.510. The van der Waals surface area contributed by atoms with Crippen molar-refractivity contribution in [1.82, 2.24) is 5.32 Å². The molecule has 0 spiro atoms. The first-order chi connectivity index (χ1) is 7.24. The van der Waals surface area contributed by atoms with Gasteiger partial charge >= 0.3 is 0 Å². The lowest BCUT2D eigenvalue weighted by molar-refractivity contribution is 0.107. The van der Waals surface area contributed by atoms with Crippen molar-refractivity contribution in [2.24, 2.45) is 0 Å². The lowest BCUT2D eigenvalue weighted by Gasteiger charge is -2.13. The number of hydrogen-bond donors (Lipinski definition) is 3. The minimum atomic E-state index is -0.510. The summed E-state index contributed by atoms with van der Waals surface area (Å²) in [5.74, 6) is 0.619. The van der Waals surface area contributed by atoms with E-state index in [4.69, 9.17) is 10.5 Å². The van der Waals surface area contributed by atoms with Crippen molar-refractivity contribution in [3.63, 3.8) is 0 Å². The average molecular weight is 210 g/mol. The molecule has 0 heterocycles. The van der Waals surface area contributed by atoms with Gasteiger partial charge in [0.1, 0.15) is 18.5 Å². The minimum absolute atomic E-state index is 0.251. The summed E-state index contributed by atoms with van der Waals surface area (Å²) in [6.45, 7) is 3.61. The molecule has 4 N–H and O–H groups in total. The maximum atomic E-state index is 9.50. The topological polar surface area (TPSA) is 67.5 Å². The highest BCUT2D eigenvalue weighted by Gasteiger charge is 2.05. The second-order valence-corrected chi connectivity index (χ2v) is 3.31. The highest BCUT2D eigenvalue weighted by Crippen LogP contribution is 2.19. The first kappa shape index (κ1) is 11.8. The van der Waals surface area contributed by atoms with Crippen molar-refractivity contribution in [1.29, 1.82) is 0 Å². The van der Waals surface area contributed by atoms with E-state index in [9.17, 15) is 5.11 Å². The fourth-order valence-corrected chi connectivity index (χ4v) is 1.17. The van der Waals surface area contributed by atoms with E-state index in [1.807, 2.05) is 19.1 Å². The molecule has 84 valence electrons. The SMILES string of the molecule is CCNCC(O)COc1ccccc1N. The number of likely N-dealkylation sites (N-methyl/N-ethyl adjacent to an activating group) is 1. The molecular formula is C11H18N2O2. The number of benzene rings is 1. The molecule has 1 unspecified atom stereocenters. The molecule has 4 heteroatoms. The summed E-state index contributed by atoms with van der Waals surface area (Å²) in [6, 6.07) is 7.25. The third-order valence-electron chi connectivity index (χ3n) is 1.98. The van der Waals surface area contributed by atoms with Gasteiger partial charge in [0.2, 0.25) is 0 Å². The van der Waals surface area contributed by atoms with Gasteiger partial charge in [0.15, 0.2) is 0 Å². The summed E-state index contributed by atoms with van der Waals surface area (Å²) >= 11 is 0. The van der Waals surface area contributed by atoms with Crippen LogP contribution in [-0.2, 0) is 0 Å². The zero-order valence-electron chi connectivity index (χ0n) is 8.94. The molecule has 4 nitrogen and oxygen atoms in total. The van der Waals surface area contributed by atoms with Crippen molar-refractivity contribution < 1.29 is 9.84 Å². The van der Waals surface area contributed by atoms with E-state index in [2.05, 4.69) is 5.32 Å². The molecule has 1 aromatic rings. The van der Waals surface area contributed by atoms with Crippen molar-refractivity contribution in [3.8, 4) is 5.75 Å². The van der Waals surface area contributed by atoms with Crippen molar-refractivity contribution in [2.75, 3.05) is 25.4 Å². The van der Waals surface area contributed by atoms with E-state index in [-0.39, 0.29) is 6.61 Å². The predicted octanol–water partition coefficient (Wildman–Crippen LogP) is 0.618. The standard InChI is InChI=1S/C11H18N2O2/c1-2-13-7-9(14)8-15-11-6-4-3-5-10(11)12/h3-6,9,13-14H,2,7-8,12H2,1H3. The van der Waals surface area contributed by atoms with Gasteiger partial charge in [0.25, 0.3) is 0 Å². The van der Waals surface area contributed by atoms with E-state index in [1.54, 1.807) is 12.1 Å². The number of anilines is 1. The van der Waals surface area contributed by atoms with Crippen molar-refractivity contribution in [2.45, 2.75) is 13.0 Å². The van der Waals surface area contributed by atoms with Gasteiger partial charge < -0.3 is 20.9 Å². The molecule has 0 radical (unpaired) electrons. The first-order valence-corrected chi connectivity index (χ1v) is 5.10. The molecule has 1 aromatic carbocycles. The largest absolute Gasteiger partial charge is 0.489 e. The van der Waals surface area contributed by atoms with Gasteiger partial charge in [0, 0.05) is 6.54 Å². The third kappa shape index (κ3) is 4.18. The summed E-state index contributed by atoms with van der Waals surface area (Å²) in [7, 11) is 0. The number of aliphatic hydroxyl groups excluding tert-OH is 1. The molecule has 0 amide bonds. The fourth-order valence-electron chi connectivity index (χ4n) is 1.17. The van der Waals surface area contributed by atoms with Crippen LogP contribution in [0.2, 0.25) is 0 Å². The highest BCUT2D eigenvalue weighted by molar-refractivity contribution is 5.51. The number of aliphatic hydroxyl groups is 1. The van der Waals surface area contributed by atoms with E-state index < -0.39 is 6.10 Å². The number of para-hydroxylation sites is 2. The predicted molar refractivity (Wildman–Crippen MR) is 60.9 cm³/mol. The molecule has 0 saturated heterocycles. The third-order valence-corrected chi connectivity index (χ3v) is 1.98. The normalized spacial score (nSPS) is 12.4. The molecule has 0 fully saturated rings. The van der Waals surface area contributed by atoms with Gasteiger partial charge in [0.05, 0.1) is 5.69 Å². The molecule has 0 aliphatic rings. The molecule has 15 heavy (non-hydrogen) atoms. The van der Waals surface area contributed by atoms with Crippen LogP contribution in [0.5, 0.6) is 5.75 Å². The van der Waals surface area contributed by atoms with Crippen LogP contribution in [0.3, 0.4) is 0 Å². The van der Waals surface area contributed by atoms with Crippen LogP contribution in [0.15, 0.2) is 24.3 Å². The van der Waals surface area contributed by atoms with Gasteiger partial charge in [-0.25, -0.2) is 0 Å². The van der Waals surface area contributed by atoms with Crippen LogP contribution in [0.1, 0.15) is 6.92 Å². The van der Waals surface area contributed by atoms with Gasteiger partial charge in [-0.05, 0) is 18.7 Å². The Bertz CT molecular complexity index is 292. The lowest BCUT2D eigenvalue weighted by atomic mass is 10.3. The zero-order valence-corrected chi connectivity index (χ0v) is 8.94. The van der Waals surface area contributed by atoms with Gasteiger partial charge in [-0.15, -0.1) is 0 Å². The number of nitrogens with two attached hydrogens (primary N) is 1. The van der Waals surface area contributed by atoms with E-state index in [0.29, 0.717) is 18.0 Å². The van der Waals surface area contributed by atoms with Crippen LogP contribution >= 0.6 is 0 Å². The Hall–Kier alpha value is -1.26. The lowest BCUT2D eigenvalue weighted by Crippen LogP contribution is -2.31. The number of nitrogens with one attached hydrogen (secondary N) is 1. The Balaban J connectivity index is 2.33. The van der Waals surface area contributed by atoms with Crippen LogP contribution in [0.25, 0.3) is 0 Å². The monoisotopic (exact) mass is 210 g/mol. The van der Waals surface area contributed by atoms with Gasteiger partial charge in [-0.1, -0.05) is 19.1 Å². The molecule has 0 aromatic heterocycles. The second-order valence-electron chi connectivity index (χ2n) is 3.31. The Kier molecular flexibility index (Phi) is 4.93. The maximum absolute atomic E-state index is 9.50. The summed E-state index contributed by atoms with van der Waals surface area (Å²) in [5, 5.41) is 12.5. The van der Waals surface area contributed by atoms with Crippen LogP contribution < -0.4 is 15.8 Å². The Morgan fingerprint density at radius 1 is 1.47 bits per heavy atom. The molecule has 0 aliphatic carbocycles. The van der Waals surface area contributed by atoms with E-state index >= 15 is 0 Å². The van der Waals surface area contributed by atoms with Crippen molar-refractivity contribution >= 4 is 5.69 Å². The molecule has 0 saturated carbocycles. The number of nitrogen functional groups attached to an aromatic ring is 1. The molecular weight excluding hydrogens is 192 g/mol. The maximum Gasteiger partial charge on any atom is 0.142 e. The molecule has 1 rings (SSSR count). The molecule has 0 aliphatic heterocycles. The summed E-state index contributed by atoms with van der Waals surface area (Å²) in [4.78, 5) is 0. The van der Waals surface area contributed by atoms with Crippen LogP contribution in [0.4, 0.5) is 5.69 Å². The van der Waals surface area contributed by atoms with Gasteiger partial charge in [-0.3, -0.25) is 0 Å². The Morgan fingerprint density at radius 2 is 2.20 bits per heavy atom. The molecule has 0 bridgehead atoms. The minimum Gasteiger partial charge on any atom is -0.489 e. The van der Waals surface area contributed by atoms with E-state index in [0.717, 1.165) is 6.54 Å². The summed E-state index contributed by atoms with van der Waals surface area (Å²) in [5.41, 5.74) is 6.28. The van der Waals surface area contributed by atoms with Crippen molar-refractivity contribution in [3.05, 3.63) is 24.3 Å². The number of ether oxygens (including phenoxy) is 1. The highest BCUT2D eigenvalue weighted by atomic mass is 16.5. The second kappa shape index (κ2) is 6.27. The Labute approximate surface area is 90.1 Å². The Morgan fingerprint density at radius 3 is 2.87 bits per heavy atom. The van der Waals surface area contributed by atoms with E-state index in [1.165, 1.54) is 0 Å². The summed E-state index contributed by atoms with van der Waals surface area (Å²) < 4.78 is 5.38. The average Bonchev–Trinajstić information content (AvgIpc) is 2.25. The smallest absolute Gasteiger partial charge is 0.142 e. The molecule has 1 atom stereocenters. The first-order valence-electron chi connectivity index (χ1n) is 5.10. The van der Waals surface area contributed by atoms with Crippen LogP contribution in [0, 0.1) is 0 Å². The van der Waals surface area contributed by atoms with Crippen LogP contribution in [-0.4, -0.2) is 30.9 Å². The zero-order chi connectivity index (χ0) is 11.1. The fraction of sp³-hybridized carbons (Fsp3) is 0.455. The number of rotatable bonds is 6.